The molecule has 0 radical (unpaired) electrons. The molecule has 0 spiro atoms. The van der Waals surface area contributed by atoms with Crippen LogP contribution in [0.4, 0.5) is 0 Å². The van der Waals surface area contributed by atoms with E-state index in [-0.39, 0.29) is 5.75 Å². The third kappa shape index (κ3) is 2.98. The fourth-order valence-corrected chi connectivity index (χ4v) is 2.28. The molecule has 2 rings (SSSR count). The number of halogens is 1. The number of phenols is 1. The largest absolute Gasteiger partial charge is 0.506 e. The third-order valence-corrected chi connectivity index (χ3v) is 3.40. The van der Waals surface area contributed by atoms with Crippen LogP contribution in [0.5, 0.6) is 5.75 Å². The minimum Gasteiger partial charge on any atom is -0.506 e. The lowest BCUT2D eigenvalue weighted by Crippen LogP contribution is -2.11. The van der Waals surface area contributed by atoms with Crippen molar-refractivity contribution in [1.82, 2.24) is 5.32 Å². The lowest BCUT2D eigenvalue weighted by atomic mass is 10.2. The summed E-state index contributed by atoms with van der Waals surface area (Å²) in [7, 11) is 0. The van der Waals surface area contributed by atoms with Gasteiger partial charge in [-0.1, -0.05) is 23.7 Å². The fourth-order valence-electron chi connectivity index (χ4n) is 1.40. The molecule has 0 aliphatic carbocycles. The van der Waals surface area contributed by atoms with Crippen LogP contribution in [0.15, 0.2) is 35.7 Å². The van der Waals surface area contributed by atoms with Gasteiger partial charge >= 0.3 is 0 Å². The van der Waals surface area contributed by atoms with Crippen LogP contribution in [0.2, 0.25) is 5.02 Å². The van der Waals surface area contributed by atoms with E-state index in [2.05, 4.69) is 16.8 Å². The number of nitrogens with one attached hydrogen (secondary N) is 1. The molecule has 2 N–H and O–H groups in total. The second kappa shape index (κ2) is 5.34. The quantitative estimate of drug-likeness (QED) is 0.875. The van der Waals surface area contributed by atoms with E-state index in [1.54, 1.807) is 23.5 Å². The number of aromatic hydroxyl groups is 1. The summed E-state index contributed by atoms with van der Waals surface area (Å²) in [6, 6.07) is 9.39. The highest BCUT2D eigenvalue weighted by atomic mass is 35.5. The molecule has 0 unspecified atom stereocenters. The Morgan fingerprint density at radius 3 is 2.81 bits per heavy atom. The van der Waals surface area contributed by atoms with Crippen LogP contribution < -0.4 is 5.32 Å². The average Bonchev–Trinajstić information content (AvgIpc) is 2.76. The SMILES string of the molecule is Oc1ccc(CNCc2cccs2)cc1Cl. The first-order valence-electron chi connectivity index (χ1n) is 4.96. The van der Waals surface area contributed by atoms with Crippen molar-refractivity contribution in [2.45, 2.75) is 13.1 Å². The first kappa shape index (κ1) is 11.5. The minimum absolute atomic E-state index is 0.128. The molecule has 2 nitrogen and oxygen atoms in total. The number of hydrogen-bond donors (Lipinski definition) is 2. The molecule has 2 aromatic rings. The molecule has 0 saturated carbocycles. The van der Waals surface area contributed by atoms with Gasteiger partial charge in [0.05, 0.1) is 5.02 Å². The number of phenolic OH excluding ortho intramolecular Hbond substituents is 1. The molecule has 1 heterocycles. The van der Waals surface area contributed by atoms with Gasteiger partial charge in [-0.25, -0.2) is 0 Å². The van der Waals surface area contributed by atoms with Crippen LogP contribution in [0.1, 0.15) is 10.4 Å². The molecule has 0 atom stereocenters. The first-order chi connectivity index (χ1) is 7.75. The Morgan fingerprint density at radius 1 is 1.25 bits per heavy atom. The van der Waals surface area contributed by atoms with Crippen LogP contribution in [0, 0.1) is 0 Å². The first-order valence-corrected chi connectivity index (χ1v) is 6.22. The lowest BCUT2D eigenvalue weighted by molar-refractivity contribution is 0.475. The summed E-state index contributed by atoms with van der Waals surface area (Å²) >= 11 is 7.55. The van der Waals surface area contributed by atoms with Gasteiger partial charge in [-0.2, -0.15) is 0 Å². The number of rotatable bonds is 4. The Kier molecular flexibility index (Phi) is 3.83. The highest BCUT2D eigenvalue weighted by molar-refractivity contribution is 7.09. The monoisotopic (exact) mass is 253 g/mol. The smallest absolute Gasteiger partial charge is 0.134 e. The predicted octanol–water partition coefficient (Wildman–Crippen LogP) is 3.40. The lowest BCUT2D eigenvalue weighted by Gasteiger charge is -2.04. The molecule has 0 bridgehead atoms. The van der Waals surface area contributed by atoms with Crippen molar-refractivity contribution >= 4 is 22.9 Å². The van der Waals surface area contributed by atoms with Crippen LogP contribution >= 0.6 is 22.9 Å². The number of hydrogen-bond acceptors (Lipinski definition) is 3. The minimum atomic E-state index is 0.128. The van der Waals surface area contributed by atoms with E-state index in [0.29, 0.717) is 5.02 Å². The molecular formula is C12H12ClNOS. The van der Waals surface area contributed by atoms with Crippen molar-refractivity contribution in [1.29, 1.82) is 0 Å². The molecule has 0 amide bonds. The molecule has 16 heavy (non-hydrogen) atoms. The summed E-state index contributed by atoms with van der Waals surface area (Å²) in [5.74, 6) is 0.128. The van der Waals surface area contributed by atoms with E-state index >= 15 is 0 Å². The number of thiophene rings is 1. The van der Waals surface area contributed by atoms with Crippen molar-refractivity contribution < 1.29 is 5.11 Å². The molecule has 0 aliphatic rings. The van der Waals surface area contributed by atoms with Crippen molar-refractivity contribution in [3.8, 4) is 5.75 Å². The highest BCUT2D eigenvalue weighted by Gasteiger charge is 2.00. The third-order valence-electron chi connectivity index (χ3n) is 2.22. The van der Waals surface area contributed by atoms with Crippen LogP contribution in [-0.2, 0) is 13.1 Å². The Bertz CT molecular complexity index is 456. The second-order valence-electron chi connectivity index (χ2n) is 3.47. The maximum atomic E-state index is 9.27. The molecule has 84 valence electrons. The molecular weight excluding hydrogens is 242 g/mol. The molecule has 1 aromatic carbocycles. The summed E-state index contributed by atoms with van der Waals surface area (Å²) in [5, 5.41) is 15.1. The molecule has 4 heteroatoms. The van der Waals surface area contributed by atoms with Gasteiger partial charge in [0.2, 0.25) is 0 Å². The van der Waals surface area contributed by atoms with Gasteiger partial charge in [-0.15, -0.1) is 11.3 Å². The Labute approximate surface area is 104 Å². The van der Waals surface area contributed by atoms with E-state index in [1.165, 1.54) is 4.88 Å². The average molecular weight is 254 g/mol. The van der Waals surface area contributed by atoms with Gasteiger partial charge in [0.25, 0.3) is 0 Å². The van der Waals surface area contributed by atoms with E-state index in [0.717, 1.165) is 18.7 Å². The zero-order valence-electron chi connectivity index (χ0n) is 8.61. The standard InChI is InChI=1S/C12H12ClNOS/c13-11-6-9(3-4-12(11)15)7-14-8-10-2-1-5-16-10/h1-6,14-15H,7-8H2. The summed E-state index contributed by atoms with van der Waals surface area (Å²) in [4.78, 5) is 1.31. The van der Waals surface area contributed by atoms with Crippen molar-refractivity contribution in [3.63, 3.8) is 0 Å². The molecule has 0 fully saturated rings. The Balaban J connectivity index is 1.87. The Hall–Kier alpha value is -1.03. The molecule has 0 saturated heterocycles. The van der Waals surface area contributed by atoms with Gasteiger partial charge in [0.15, 0.2) is 0 Å². The van der Waals surface area contributed by atoms with Gasteiger partial charge in [0.1, 0.15) is 5.75 Å². The topological polar surface area (TPSA) is 32.3 Å². The highest BCUT2D eigenvalue weighted by Crippen LogP contribution is 2.23. The zero-order chi connectivity index (χ0) is 11.4. The van der Waals surface area contributed by atoms with Gasteiger partial charge in [-0.3, -0.25) is 0 Å². The fraction of sp³-hybridized carbons (Fsp3) is 0.167. The van der Waals surface area contributed by atoms with Crippen LogP contribution in [-0.4, -0.2) is 5.11 Å². The van der Waals surface area contributed by atoms with Gasteiger partial charge < -0.3 is 10.4 Å². The zero-order valence-corrected chi connectivity index (χ0v) is 10.2. The summed E-state index contributed by atoms with van der Waals surface area (Å²) < 4.78 is 0. The maximum Gasteiger partial charge on any atom is 0.134 e. The van der Waals surface area contributed by atoms with E-state index in [4.69, 9.17) is 11.6 Å². The molecule has 0 aliphatic heterocycles. The van der Waals surface area contributed by atoms with Crippen LogP contribution in [0.3, 0.4) is 0 Å². The summed E-state index contributed by atoms with van der Waals surface area (Å²) in [6.45, 7) is 1.61. The van der Waals surface area contributed by atoms with Crippen molar-refractivity contribution in [3.05, 3.63) is 51.2 Å². The number of benzene rings is 1. The van der Waals surface area contributed by atoms with E-state index < -0.39 is 0 Å². The predicted molar refractivity (Wildman–Crippen MR) is 68.0 cm³/mol. The van der Waals surface area contributed by atoms with Crippen LogP contribution in [0.25, 0.3) is 0 Å². The van der Waals surface area contributed by atoms with Crippen molar-refractivity contribution in [2.24, 2.45) is 0 Å². The van der Waals surface area contributed by atoms with Gasteiger partial charge in [0, 0.05) is 18.0 Å². The summed E-state index contributed by atoms with van der Waals surface area (Å²) in [6.07, 6.45) is 0. The summed E-state index contributed by atoms with van der Waals surface area (Å²) in [5.41, 5.74) is 1.07. The van der Waals surface area contributed by atoms with E-state index in [9.17, 15) is 5.11 Å². The van der Waals surface area contributed by atoms with Gasteiger partial charge in [-0.05, 0) is 29.1 Å². The normalized spacial score (nSPS) is 10.6. The van der Waals surface area contributed by atoms with E-state index in [1.807, 2.05) is 12.1 Å². The second-order valence-corrected chi connectivity index (χ2v) is 4.91. The maximum absolute atomic E-state index is 9.27. The molecule has 1 aromatic heterocycles. The van der Waals surface area contributed by atoms with Crippen molar-refractivity contribution in [2.75, 3.05) is 0 Å². The Morgan fingerprint density at radius 2 is 2.12 bits per heavy atom.